The summed E-state index contributed by atoms with van der Waals surface area (Å²) in [6, 6.07) is 7.39. The number of nitrogens with zero attached hydrogens (tertiary/aromatic N) is 1. The van der Waals surface area contributed by atoms with Crippen molar-refractivity contribution in [2.75, 3.05) is 18.4 Å². The fourth-order valence-corrected chi connectivity index (χ4v) is 4.15. The lowest BCUT2D eigenvalue weighted by Gasteiger charge is -2.16. The molecule has 152 valence electrons. The highest BCUT2D eigenvalue weighted by Gasteiger charge is 2.26. The molecular formula is C22H26N4O3. The fourth-order valence-electron chi connectivity index (χ4n) is 4.15. The fraction of sp³-hybridized carbons (Fsp3) is 0.409. The number of fused-ring (bicyclic) bond motifs is 1. The maximum atomic E-state index is 12.7. The van der Waals surface area contributed by atoms with Crippen LogP contribution in [0.15, 0.2) is 24.3 Å². The van der Waals surface area contributed by atoms with Gasteiger partial charge in [0.05, 0.1) is 0 Å². The van der Waals surface area contributed by atoms with E-state index in [1.165, 1.54) is 0 Å². The Kier molecular flexibility index (Phi) is 5.38. The second kappa shape index (κ2) is 8.11. The number of nitrogens with one attached hydrogen (secondary N) is 3. The topological polar surface area (TPSA) is 94.3 Å². The average molecular weight is 394 g/mol. The van der Waals surface area contributed by atoms with Crippen LogP contribution < -0.4 is 10.6 Å². The number of anilines is 1. The summed E-state index contributed by atoms with van der Waals surface area (Å²) in [5.41, 5.74) is 4.36. The van der Waals surface area contributed by atoms with E-state index >= 15 is 0 Å². The van der Waals surface area contributed by atoms with E-state index in [-0.39, 0.29) is 17.7 Å². The SMILES string of the molecule is Cc1c(C(=O)NCc2cccc(NC(=O)N3CCCC3)c2)[nH]c2c1C(=O)CCC2. The number of aromatic amines is 1. The Hall–Kier alpha value is -3.09. The highest BCUT2D eigenvalue weighted by molar-refractivity contribution is 6.04. The molecular weight excluding hydrogens is 368 g/mol. The van der Waals surface area contributed by atoms with Crippen LogP contribution in [0.1, 0.15) is 63.4 Å². The maximum Gasteiger partial charge on any atom is 0.321 e. The third kappa shape index (κ3) is 4.04. The van der Waals surface area contributed by atoms with Gasteiger partial charge in [-0.05, 0) is 55.9 Å². The van der Waals surface area contributed by atoms with Gasteiger partial charge in [0.2, 0.25) is 0 Å². The number of carbonyl (C=O) groups is 3. The van der Waals surface area contributed by atoms with Crippen LogP contribution in [0.5, 0.6) is 0 Å². The molecule has 1 aliphatic carbocycles. The number of H-pyrrole nitrogens is 1. The summed E-state index contributed by atoms with van der Waals surface area (Å²) in [4.78, 5) is 42.0. The van der Waals surface area contributed by atoms with Crippen LogP contribution in [0.25, 0.3) is 0 Å². The Bertz CT molecular complexity index is 957. The lowest BCUT2D eigenvalue weighted by Crippen LogP contribution is -2.32. The van der Waals surface area contributed by atoms with E-state index in [4.69, 9.17) is 0 Å². The maximum absolute atomic E-state index is 12.7. The number of likely N-dealkylation sites (tertiary alicyclic amines) is 1. The molecule has 1 aromatic carbocycles. The molecule has 0 atom stereocenters. The molecule has 0 radical (unpaired) electrons. The van der Waals surface area contributed by atoms with Crippen molar-refractivity contribution in [3.8, 4) is 0 Å². The number of rotatable bonds is 4. The Labute approximate surface area is 169 Å². The Morgan fingerprint density at radius 3 is 2.69 bits per heavy atom. The van der Waals surface area contributed by atoms with Crippen LogP contribution in [0, 0.1) is 6.92 Å². The van der Waals surface area contributed by atoms with Gasteiger partial charge in [0.15, 0.2) is 5.78 Å². The molecule has 3 N–H and O–H groups in total. The van der Waals surface area contributed by atoms with Gasteiger partial charge in [0, 0.05) is 43.0 Å². The predicted molar refractivity (Wildman–Crippen MR) is 110 cm³/mol. The Morgan fingerprint density at radius 1 is 1.14 bits per heavy atom. The van der Waals surface area contributed by atoms with Crippen molar-refractivity contribution in [3.63, 3.8) is 0 Å². The van der Waals surface area contributed by atoms with E-state index in [1.54, 1.807) is 0 Å². The molecule has 7 heteroatoms. The Morgan fingerprint density at radius 2 is 1.93 bits per heavy atom. The van der Waals surface area contributed by atoms with Gasteiger partial charge < -0.3 is 20.5 Å². The summed E-state index contributed by atoms with van der Waals surface area (Å²) in [7, 11) is 0. The van der Waals surface area contributed by atoms with Gasteiger partial charge in [0.25, 0.3) is 5.91 Å². The number of urea groups is 1. The van der Waals surface area contributed by atoms with E-state index in [9.17, 15) is 14.4 Å². The first-order valence-corrected chi connectivity index (χ1v) is 10.2. The van der Waals surface area contributed by atoms with E-state index in [0.717, 1.165) is 55.6 Å². The van der Waals surface area contributed by atoms with Gasteiger partial charge in [-0.15, -0.1) is 0 Å². The Balaban J connectivity index is 1.40. The van der Waals surface area contributed by atoms with Crippen molar-refractivity contribution < 1.29 is 14.4 Å². The number of aromatic nitrogens is 1. The van der Waals surface area contributed by atoms with Crippen LogP contribution in [0.4, 0.5) is 10.5 Å². The second-order valence-corrected chi connectivity index (χ2v) is 7.76. The molecule has 0 bridgehead atoms. The number of amides is 3. The first-order valence-electron chi connectivity index (χ1n) is 10.2. The lowest BCUT2D eigenvalue weighted by molar-refractivity contribution is 0.0945. The average Bonchev–Trinajstić information content (AvgIpc) is 3.36. The molecule has 0 spiro atoms. The van der Waals surface area contributed by atoms with Crippen molar-refractivity contribution in [3.05, 3.63) is 52.3 Å². The molecule has 1 saturated heterocycles. The monoisotopic (exact) mass is 394 g/mol. The van der Waals surface area contributed by atoms with Crippen LogP contribution in [0.3, 0.4) is 0 Å². The van der Waals surface area contributed by atoms with Gasteiger partial charge in [-0.25, -0.2) is 4.79 Å². The number of hydrogen-bond acceptors (Lipinski definition) is 3. The molecule has 0 saturated carbocycles. The highest BCUT2D eigenvalue weighted by atomic mass is 16.2. The van der Waals surface area contributed by atoms with Gasteiger partial charge >= 0.3 is 6.03 Å². The van der Waals surface area contributed by atoms with Crippen molar-refractivity contribution >= 4 is 23.4 Å². The molecule has 2 heterocycles. The zero-order valence-electron chi connectivity index (χ0n) is 16.6. The minimum atomic E-state index is -0.226. The first-order chi connectivity index (χ1) is 14.0. The van der Waals surface area contributed by atoms with E-state index < -0.39 is 0 Å². The van der Waals surface area contributed by atoms with Gasteiger partial charge in [-0.2, -0.15) is 0 Å². The van der Waals surface area contributed by atoms with Crippen molar-refractivity contribution in [2.45, 2.75) is 45.6 Å². The van der Waals surface area contributed by atoms with Crippen molar-refractivity contribution in [1.29, 1.82) is 0 Å². The second-order valence-electron chi connectivity index (χ2n) is 7.76. The standard InChI is InChI=1S/C22H26N4O3/c1-14-19-17(8-5-9-18(19)27)25-20(14)21(28)23-13-15-6-4-7-16(12-15)24-22(29)26-10-2-3-11-26/h4,6-7,12,25H,2-3,5,8-11,13H2,1H3,(H,23,28)(H,24,29). The van der Waals surface area contributed by atoms with Crippen LogP contribution in [-0.4, -0.2) is 40.7 Å². The highest BCUT2D eigenvalue weighted by Crippen LogP contribution is 2.26. The zero-order valence-corrected chi connectivity index (χ0v) is 16.6. The molecule has 1 aliphatic heterocycles. The predicted octanol–water partition coefficient (Wildman–Crippen LogP) is 3.40. The minimum Gasteiger partial charge on any atom is -0.354 e. The molecule has 0 unspecified atom stereocenters. The molecule has 2 aromatic rings. The van der Waals surface area contributed by atoms with Gasteiger partial charge in [0.1, 0.15) is 5.69 Å². The molecule has 4 rings (SSSR count). The van der Waals surface area contributed by atoms with Crippen LogP contribution >= 0.6 is 0 Å². The summed E-state index contributed by atoms with van der Waals surface area (Å²) >= 11 is 0. The largest absolute Gasteiger partial charge is 0.354 e. The number of carbonyl (C=O) groups excluding carboxylic acids is 3. The van der Waals surface area contributed by atoms with E-state index in [0.29, 0.717) is 29.9 Å². The molecule has 3 amide bonds. The molecule has 29 heavy (non-hydrogen) atoms. The lowest BCUT2D eigenvalue weighted by atomic mass is 9.94. The van der Waals surface area contributed by atoms with Crippen LogP contribution in [-0.2, 0) is 13.0 Å². The quantitative estimate of drug-likeness (QED) is 0.742. The van der Waals surface area contributed by atoms with E-state index in [2.05, 4.69) is 15.6 Å². The molecule has 1 aromatic heterocycles. The van der Waals surface area contributed by atoms with Gasteiger partial charge in [-0.3, -0.25) is 9.59 Å². The van der Waals surface area contributed by atoms with E-state index in [1.807, 2.05) is 36.1 Å². The summed E-state index contributed by atoms with van der Waals surface area (Å²) in [6.07, 6.45) is 4.26. The van der Waals surface area contributed by atoms with Crippen molar-refractivity contribution in [2.24, 2.45) is 0 Å². The van der Waals surface area contributed by atoms with Gasteiger partial charge in [-0.1, -0.05) is 12.1 Å². The third-order valence-electron chi connectivity index (χ3n) is 5.69. The summed E-state index contributed by atoms with van der Waals surface area (Å²) in [5, 5.41) is 5.83. The molecule has 1 fully saturated rings. The third-order valence-corrected chi connectivity index (χ3v) is 5.69. The smallest absolute Gasteiger partial charge is 0.321 e. The number of Topliss-reactive ketones (excluding diaryl/α,β-unsaturated/α-hetero) is 1. The zero-order chi connectivity index (χ0) is 20.4. The number of aryl methyl sites for hydroxylation is 1. The number of ketones is 1. The number of hydrogen-bond donors (Lipinski definition) is 3. The summed E-state index contributed by atoms with van der Waals surface area (Å²) in [5.74, 6) is -0.114. The number of benzene rings is 1. The first kappa shape index (κ1) is 19.2. The normalized spacial score (nSPS) is 15.9. The molecule has 2 aliphatic rings. The summed E-state index contributed by atoms with van der Waals surface area (Å²) < 4.78 is 0. The van der Waals surface area contributed by atoms with Crippen LogP contribution in [0.2, 0.25) is 0 Å². The summed E-state index contributed by atoms with van der Waals surface area (Å²) in [6.45, 7) is 3.75. The van der Waals surface area contributed by atoms with Crippen molar-refractivity contribution in [1.82, 2.24) is 15.2 Å². The minimum absolute atomic E-state index is 0.0825. The molecule has 7 nitrogen and oxygen atoms in total.